The number of carbonyl (C=O) groups is 1. The van der Waals surface area contributed by atoms with Crippen molar-refractivity contribution in [3.05, 3.63) is 27.1 Å². The number of rotatable bonds is 3. The Labute approximate surface area is 108 Å². The highest BCUT2D eigenvalue weighted by atomic mass is 32.1. The van der Waals surface area contributed by atoms with Crippen LogP contribution in [0.1, 0.15) is 25.2 Å². The van der Waals surface area contributed by atoms with Crippen LogP contribution in [0.4, 0.5) is 0 Å². The molecule has 7 heteroatoms. The summed E-state index contributed by atoms with van der Waals surface area (Å²) in [6, 6.07) is 0.105. The van der Waals surface area contributed by atoms with E-state index >= 15 is 0 Å². The van der Waals surface area contributed by atoms with Gasteiger partial charge in [0.1, 0.15) is 5.69 Å². The number of nitrogens with one attached hydrogen (secondary N) is 1. The average molecular weight is 266 g/mol. The van der Waals surface area contributed by atoms with Crippen LogP contribution < -0.4 is 10.9 Å². The van der Waals surface area contributed by atoms with Crippen molar-refractivity contribution in [2.75, 3.05) is 0 Å². The van der Waals surface area contributed by atoms with Gasteiger partial charge in [-0.1, -0.05) is 0 Å². The van der Waals surface area contributed by atoms with Crippen molar-refractivity contribution in [1.29, 1.82) is 0 Å². The lowest BCUT2D eigenvalue weighted by atomic mass is 10.3. The number of carbonyl (C=O) groups excluding carboxylic acids is 1. The molecule has 1 N–H and O–H groups in total. The SMILES string of the molecule is Cc1nn2c(CC(=O)NC(C)C)csc2nc1=O. The Morgan fingerprint density at radius 2 is 2.28 bits per heavy atom. The van der Waals surface area contributed by atoms with E-state index in [1.54, 1.807) is 16.8 Å². The van der Waals surface area contributed by atoms with Crippen molar-refractivity contribution in [2.45, 2.75) is 33.2 Å². The molecule has 96 valence electrons. The lowest BCUT2D eigenvalue weighted by Crippen LogP contribution is -2.31. The highest BCUT2D eigenvalue weighted by Gasteiger charge is 2.12. The Kier molecular flexibility index (Phi) is 3.42. The first-order valence-corrected chi connectivity index (χ1v) is 6.48. The van der Waals surface area contributed by atoms with Gasteiger partial charge in [0.2, 0.25) is 10.9 Å². The molecule has 0 unspecified atom stereocenters. The smallest absolute Gasteiger partial charge is 0.295 e. The number of fused-ring (bicyclic) bond motifs is 1. The largest absolute Gasteiger partial charge is 0.354 e. The molecule has 0 atom stereocenters. The summed E-state index contributed by atoms with van der Waals surface area (Å²) in [6.07, 6.45) is 0.231. The van der Waals surface area contributed by atoms with Crippen LogP contribution in [0.25, 0.3) is 4.96 Å². The molecule has 0 spiro atoms. The second-order valence-electron chi connectivity index (χ2n) is 4.32. The van der Waals surface area contributed by atoms with Crippen molar-refractivity contribution in [3.63, 3.8) is 0 Å². The number of hydrogen-bond donors (Lipinski definition) is 1. The Morgan fingerprint density at radius 3 is 2.94 bits per heavy atom. The molecule has 0 aliphatic rings. The van der Waals surface area contributed by atoms with E-state index in [1.165, 1.54) is 11.3 Å². The first-order valence-electron chi connectivity index (χ1n) is 5.61. The fourth-order valence-corrected chi connectivity index (χ4v) is 2.36. The van der Waals surface area contributed by atoms with Gasteiger partial charge in [0.25, 0.3) is 5.56 Å². The molecule has 0 radical (unpaired) electrons. The Hall–Kier alpha value is -1.76. The van der Waals surface area contributed by atoms with Gasteiger partial charge in [-0.15, -0.1) is 11.3 Å². The van der Waals surface area contributed by atoms with Crippen LogP contribution >= 0.6 is 11.3 Å². The second kappa shape index (κ2) is 4.85. The lowest BCUT2D eigenvalue weighted by Gasteiger charge is -2.07. The first-order chi connectivity index (χ1) is 8.47. The third-order valence-electron chi connectivity index (χ3n) is 2.30. The van der Waals surface area contributed by atoms with E-state index in [0.717, 1.165) is 5.69 Å². The molecular weight excluding hydrogens is 252 g/mol. The van der Waals surface area contributed by atoms with E-state index in [0.29, 0.717) is 10.7 Å². The normalized spacial score (nSPS) is 11.1. The lowest BCUT2D eigenvalue weighted by molar-refractivity contribution is -0.121. The van der Waals surface area contributed by atoms with Gasteiger partial charge in [-0.2, -0.15) is 10.1 Å². The van der Waals surface area contributed by atoms with Crippen molar-refractivity contribution in [2.24, 2.45) is 0 Å². The third-order valence-corrected chi connectivity index (χ3v) is 3.17. The summed E-state index contributed by atoms with van der Waals surface area (Å²) in [5.41, 5.74) is 0.746. The molecule has 0 aromatic carbocycles. The minimum atomic E-state index is -0.324. The predicted octanol–water partition coefficient (Wildman–Crippen LogP) is 0.527. The maximum absolute atomic E-state index is 11.7. The fraction of sp³-hybridized carbons (Fsp3) is 0.455. The van der Waals surface area contributed by atoms with Crippen molar-refractivity contribution in [3.8, 4) is 0 Å². The summed E-state index contributed by atoms with van der Waals surface area (Å²) in [5.74, 6) is -0.0668. The number of amides is 1. The highest BCUT2D eigenvalue weighted by Crippen LogP contribution is 2.12. The number of nitrogens with zero attached hydrogens (tertiary/aromatic N) is 3. The molecule has 2 heterocycles. The van der Waals surface area contributed by atoms with Gasteiger partial charge in [-0.05, 0) is 20.8 Å². The highest BCUT2D eigenvalue weighted by molar-refractivity contribution is 7.15. The van der Waals surface area contributed by atoms with E-state index in [4.69, 9.17) is 0 Å². The molecule has 2 rings (SSSR count). The van der Waals surface area contributed by atoms with Crippen LogP contribution in [0.15, 0.2) is 10.2 Å². The molecule has 0 aliphatic carbocycles. The fourth-order valence-electron chi connectivity index (χ4n) is 1.54. The van der Waals surface area contributed by atoms with Crippen molar-refractivity contribution < 1.29 is 4.79 Å². The molecule has 0 saturated heterocycles. The molecule has 0 fully saturated rings. The Balaban J connectivity index is 2.32. The zero-order valence-electron chi connectivity index (χ0n) is 10.4. The number of hydrogen-bond acceptors (Lipinski definition) is 5. The van der Waals surface area contributed by atoms with Gasteiger partial charge in [0.15, 0.2) is 0 Å². The third kappa shape index (κ3) is 2.56. The zero-order chi connectivity index (χ0) is 13.3. The Morgan fingerprint density at radius 1 is 1.56 bits per heavy atom. The Bertz CT molecular complexity index is 644. The van der Waals surface area contributed by atoms with E-state index in [9.17, 15) is 9.59 Å². The maximum atomic E-state index is 11.7. The molecule has 18 heavy (non-hydrogen) atoms. The quantitative estimate of drug-likeness (QED) is 0.879. The summed E-state index contributed by atoms with van der Waals surface area (Å²) in [7, 11) is 0. The molecular formula is C11H14N4O2S. The topological polar surface area (TPSA) is 76.4 Å². The molecule has 0 saturated carbocycles. The van der Waals surface area contributed by atoms with Crippen molar-refractivity contribution in [1.82, 2.24) is 19.9 Å². The van der Waals surface area contributed by atoms with E-state index in [2.05, 4.69) is 15.4 Å². The summed E-state index contributed by atoms with van der Waals surface area (Å²) >= 11 is 1.31. The molecule has 2 aromatic heterocycles. The summed E-state index contributed by atoms with van der Waals surface area (Å²) in [6.45, 7) is 5.42. The van der Waals surface area contributed by atoms with Gasteiger partial charge in [-0.3, -0.25) is 9.59 Å². The van der Waals surface area contributed by atoms with Gasteiger partial charge in [-0.25, -0.2) is 4.52 Å². The average Bonchev–Trinajstić information content (AvgIpc) is 2.61. The number of aromatic nitrogens is 3. The van der Waals surface area contributed by atoms with Gasteiger partial charge in [0, 0.05) is 11.4 Å². The molecule has 2 aromatic rings. The molecule has 0 bridgehead atoms. The van der Waals surface area contributed by atoms with Crippen LogP contribution in [0, 0.1) is 6.92 Å². The predicted molar refractivity (Wildman–Crippen MR) is 68.9 cm³/mol. The van der Waals surface area contributed by atoms with Gasteiger partial charge in [0.05, 0.1) is 12.1 Å². The minimum absolute atomic E-state index is 0.0668. The van der Waals surface area contributed by atoms with Crippen LogP contribution in [0.3, 0.4) is 0 Å². The monoisotopic (exact) mass is 266 g/mol. The van der Waals surface area contributed by atoms with Crippen LogP contribution in [-0.2, 0) is 11.2 Å². The van der Waals surface area contributed by atoms with Gasteiger partial charge < -0.3 is 5.32 Å². The van der Waals surface area contributed by atoms with Crippen LogP contribution in [-0.4, -0.2) is 26.5 Å². The summed E-state index contributed by atoms with van der Waals surface area (Å²) in [4.78, 5) is 27.4. The minimum Gasteiger partial charge on any atom is -0.354 e. The maximum Gasteiger partial charge on any atom is 0.295 e. The summed E-state index contributed by atoms with van der Waals surface area (Å²) in [5, 5.41) is 8.75. The standard InChI is InChI=1S/C11H14N4O2S/c1-6(2)12-9(16)4-8-5-18-11-13-10(17)7(3)14-15(8)11/h5-6H,4H2,1-3H3,(H,12,16). The van der Waals surface area contributed by atoms with Crippen molar-refractivity contribution >= 4 is 22.2 Å². The van der Waals surface area contributed by atoms with Crippen LogP contribution in [0.2, 0.25) is 0 Å². The van der Waals surface area contributed by atoms with Crippen LogP contribution in [0.5, 0.6) is 0 Å². The first kappa shape index (κ1) is 12.7. The van der Waals surface area contributed by atoms with E-state index in [1.807, 2.05) is 13.8 Å². The summed E-state index contributed by atoms with van der Waals surface area (Å²) < 4.78 is 1.56. The molecule has 6 nitrogen and oxygen atoms in total. The zero-order valence-corrected chi connectivity index (χ0v) is 11.2. The second-order valence-corrected chi connectivity index (χ2v) is 5.16. The van der Waals surface area contributed by atoms with E-state index in [-0.39, 0.29) is 23.9 Å². The number of aryl methyl sites for hydroxylation is 1. The number of thiazole rings is 1. The molecule has 1 amide bonds. The van der Waals surface area contributed by atoms with Gasteiger partial charge >= 0.3 is 0 Å². The van der Waals surface area contributed by atoms with E-state index < -0.39 is 0 Å². The molecule has 0 aliphatic heterocycles.